The first-order valence-corrected chi connectivity index (χ1v) is 19.4. The number of benzene rings is 1. The van der Waals surface area contributed by atoms with E-state index in [1.54, 1.807) is 13.8 Å². The maximum atomic E-state index is 14.9. The Morgan fingerprint density at radius 2 is 1.38 bits per heavy atom. The van der Waals surface area contributed by atoms with Crippen LogP contribution in [0.25, 0.3) is 0 Å². The van der Waals surface area contributed by atoms with E-state index in [1.807, 2.05) is 27.7 Å². The van der Waals surface area contributed by atoms with Crippen LogP contribution in [0.5, 0.6) is 11.5 Å². The van der Waals surface area contributed by atoms with Gasteiger partial charge in [-0.05, 0) is 123 Å². The van der Waals surface area contributed by atoms with E-state index in [9.17, 15) is 19.2 Å². The monoisotopic (exact) mass is 732 g/mol. The van der Waals surface area contributed by atoms with Gasteiger partial charge in [-0.15, -0.1) is 0 Å². The summed E-state index contributed by atoms with van der Waals surface area (Å²) >= 11 is 0. The normalized spacial score (nSPS) is 29.2. The van der Waals surface area contributed by atoms with E-state index in [0.717, 1.165) is 25.7 Å². The van der Waals surface area contributed by atoms with E-state index in [2.05, 4.69) is 53.7 Å². The second-order valence-corrected chi connectivity index (χ2v) is 17.8. The number of carbonyl (C=O) groups excluding carboxylic acids is 4. The highest BCUT2D eigenvalue weighted by molar-refractivity contribution is 6.25. The van der Waals surface area contributed by atoms with Crippen LogP contribution >= 0.6 is 0 Å². The zero-order chi connectivity index (χ0) is 39.3. The molecule has 0 N–H and O–H groups in total. The summed E-state index contributed by atoms with van der Waals surface area (Å²) in [6, 6.07) is 4.23. The topological polar surface area (TPSA) is 114 Å². The maximum absolute atomic E-state index is 14.9. The minimum absolute atomic E-state index is 0.00367. The van der Waals surface area contributed by atoms with Crippen molar-refractivity contribution >= 4 is 23.7 Å². The van der Waals surface area contributed by atoms with Gasteiger partial charge in [0.1, 0.15) is 16.9 Å². The Kier molecular flexibility index (Phi) is 11.1. The van der Waals surface area contributed by atoms with Gasteiger partial charge in [-0.2, -0.15) is 0 Å². The van der Waals surface area contributed by atoms with Crippen molar-refractivity contribution in [3.05, 3.63) is 58.4 Å². The molecular formula is C44H60O9. The standard InChI is InChI=1S/C44H60O9/c1-13-34(45)49-31-20-17-28(23-32(31)50-35(46)14-2)37(47)36-38-43(25-30(19-16-27(5)6)42(11,12)51-38)24-29(18-15-26(3)4)41(9,10)33-21-22-40(7,8)53-44(33,43)52-39(36)48/h15-17,20,23,29-30,33H,13-14,18-19,21-22,24-25H2,1-12H3/t29-,30+,33-,43+,44-/m1/s1. The molecule has 0 radical (unpaired) electrons. The third-order valence-corrected chi connectivity index (χ3v) is 12.3. The number of Topliss-reactive ketones (excluding diaryl/α,β-unsaturated/α-hetero) is 1. The maximum Gasteiger partial charge on any atom is 0.348 e. The highest BCUT2D eigenvalue weighted by Gasteiger charge is 2.77. The lowest BCUT2D eigenvalue weighted by atomic mass is 9.44. The fourth-order valence-corrected chi connectivity index (χ4v) is 9.11. The summed E-state index contributed by atoms with van der Waals surface area (Å²) in [6.45, 7) is 24.4. The Labute approximate surface area is 315 Å². The van der Waals surface area contributed by atoms with Crippen molar-refractivity contribution in [2.75, 3.05) is 0 Å². The van der Waals surface area contributed by atoms with E-state index < -0.39 is 46.1 Å². The number of hydrogen-bond acceptors (Lipinski definition) is 9. The van der Waals surface area contributed by atoms with E-state index in [4.69, 9.17) is 23.7 Å². The first-order valence-electron chi connectivity index (χ1n) is 19.4. The Balaban J connectivity index is 1.79. The van der Waals surface area contributed by atoms with Crippen molar-refractivity contribution in [3.8, 4) is 11.5 Å². The van der Waals surface area contributed by atoms with Crippen LogP contribution in [0, 0.1) is 28.6 Å². The predicted octanol–water partition coefficient (Wildman–Crippen LogP) is 9.77. The van der Waals surface area contributed by atoms with Crippen molar-refractivity contribution in [3.63, 3.8) is 0 Å². The molecule has 1 aromatic rings. The van der Waals surface area contributed by atoms with Crippen LogP contribution in [-0.2, 0) is 28.6 Å². The SMILES string of the molecule is CCC(=O)Oc1ccc(C(=O)C2=C3OC(C)(C)[C@@H](CC=C(C)C)C[C@@]34C[C@@H](CC=C(C)C)C(C)(C)[C@H]3CCC(C)(C)O[C@]34OC2=O)cc1OC(=O)CC. The smallest absolute Gasteiger partial charge is 0.348 e. The predicted molar refractivity (Wildman–Crippen MR) is 202 cm³/mol. The minimum Gasteiger partial charge on any atom is -0.490 e. The molecule has 4 aliphatic rings. The van der Waals surface area contributed by atoms with Crippen LogP contribution in [0.4, 0.5) is 0 Å². The molecule has 1 aromatic carbocycles. The Bertz CT molecular complexity index is 1740. The second-order valence-electron chi connectivity index (χ2n) is 17.8. The molecule has 3 fully saturated rings. The third kappa shape index (κ3) is 7.39. The summed E-state index contributed by atoms with van der Waals surface area (Å²) in [4.78, 5) is 54.3. The highest BCUT2D eigenvalue weighted by atomic mass is 16.7. The van der Waals surface area contributed by atoms with Crippen LogP contribution in [0.15, 0.2) is 52.8 Å². The summed E-state index contributed by atoms with van der Waals surface area (Å²) in [5, 5.41) is 0. The van der Waals surface area contributed by atoms with E-state index in [1.165, 1.54) is 29.3 Å². The number of hydrogen-bond donors (Lipinski definition) is 0. The largest absolute Gasteiger partial charge is 0.490 e. The summed E-state index contributed by atoms with van der Waals surface area (Å²) < 4.78 is 32.1. The number of ketones is 1. The summed E-state index contributed by atoms with van der Waals surface area (Å²) in [5.74, 6) is -3.67. The Hall–Kier alpha value is -3.72. The average molecular weight is 733 g/mol. The van der Waals surface area contributed by atoms with Crippen LogP contribution in [0.3, 0.4) is 0 Å². The molecule has 290 valence electrons. The first-order chi connectivity index (χ1) is 24.6. The van der Waals surface area contributed by atoms with Gasteiger partial charge in [0.2, 0.25) is 11.6 Å². The van der Waals surface area contributed by atoms with Crippen molar-refractivity contribution < 1.29 is 42.9 Å². The third-order valence-electron chi connectivity index (χ3n) is 12.3. The van der Waals surface area contributed by atoms with Gasteiger partial charge in [0, 0.05) is 30.2 Å². The van der Waals surface area contributed by atoms with Crippen molar-refractivity contribution in [2.24, 2.45) is 28.6 Å². The molecule has 2 spiro atoms. The number of ether oxygens (including phenoxy) is 5. The number of allylic oxidation sites excluding steroid dienone is 4. The lowest BCUT2D eigenvalue weighted by Gasteiger charge is -2.70. The van der Waals surface area contributed by atoms with E-state index >= 15 is 0 Å². The molecule has 9 nitrogen and oxygen atoms in total. The fourth-order valence-electron chi connectivity index (χ4n) is 9.11. The zero-order valence-corrected chi connectivity index (χ0v) is 33.9. The van der Waals surface area contributed by atoms with Crippen molar-refractivity contribution in [1.29, 1.82) is 0 Å². The van der Waals surface area contributed by atoms with Gasteiger partial charge in [0.05, 0.1) is 11.0 Å². The lowest BCUT2D eigenvalue weighted by Crippen LogP contribution is -2.74. The molecule has 53 heavy (non-hydrogen) atoms. The molecular weight excluding hydrogens is 672 g/mol. The van der Waals surface area contributed by atoms with Gasteiger partial charge in [-0.1, -0.05) is 51.0 Å². The minimum atomic E-state index is -1.38. The summed E-state index contributed by atoms with van der Waals surface area (Å²) in [5.41, 5.74) is -0.301. The van der Waals surface area contributed by atoms with E-state index in [-0.39, 0.29) is 58.6 Å². The molecule has 0 amide bonds. The van der Waals surface area contributed by atoms with Gasteiger partial charge in [0.15, 0.2) is 11.5 Å². The van der Waals surface area contributed by atoms with Gasteiger partial charge in [-0.25, -0.2) is 4.79 Å². The second kappa shape index (κ2) is 14.5. The fraction of sp³-hybridized carbons (Fsp3) is 0.636. The molecule has 3 heterocycles. The molecule has 5 rings (SSSR count). The molecule has 9 heteroatoms. The number of esters is 3. The van der Waals surface area contributed by atoms with Gasteiger partial charge in [0.25, 0.3) is 0 Å². The summed E-state index contributed by atoms with van der Waals surface area (Å²) in [6.07, 6.45) is 8.99. The Morgan fingerprint density at radius 3 is 1.96 bits per heavy atom. The van der Waals surface area contributed by atoms with Gasteiger partial charge < -0.3 is 23.7 Å². The van der Waals surface area contributed by atoms with E-state index in [0.29, 0.717) is 18.6 Å². The van der Waals surface area contributed by atoms with Crippen LogP contribution in [0.2, 0.25) is 0 Å². The van der Waals surface area contributed by atoms with Gasteiger partial charge >= 0.3 is 17.9 Å². The van der Waals surface area contributed by atoms with Crippen molar-refractivity contribution in [1.82, 2.24) is 0 Å². The van der Waals surface area contributed by atoms with Crippen molar-refractivity contribution in [2.45, 2.75) is 151 Å². The first kappa shape index (κ1) is 40.5. The zero-order valence-electron chi connectivity index (χ0n) is 33.9. The number of carbonyl (C=O) groups is 4. The van der Waals surface area contributed by atoms with Gasteiger partial charge in [-0.3, -0.25) is 14.4 Å². The van der Waals surface area contributed by atoms with Crippen LogP contribution in [-0.4, -0.2) is 40.7 Å². The molecule has 0 bridgehead atoms. The molecule has 0 aromatic heterocycles. The van der Waals surface area contributed by atoms with Crippen LogP contribution in [0.1, 0.15) is 145 Å². The summed E-state index contributed by atoms with van der Waals surface area (Å²) in [7, 11) is 0. The molecule has 3 aliphatic heterocycles. The quantitative estimate of drug-likeness (QED) is 0.0762. The Morgan fingerprint density at radius 1 is 0.811 bits per heavy atom. The molecule has 2 saturated heterocycles. The molecule has 5 atom stereocenters. The average Bonchev–Trinajstić information content (AvgIpc) is 3.05. The molecule has 1 saturated carbocycles. The molecule has 1 aliphatic carbocycles. The lowest BCUT2D eigenvalue weighted by molar-refractivity contribution is -0.407. The number of rotatable bonds is 10. The molecule has 0 unspecified atom stereocenters. The van der Waals surface area contributed by atoms with Crippen LogP contribution < -0.4 is 9.47 Å². The highest BCUT2D eigenvalue weighted by Crippen LogP contribution is 2.72.